The summed E-state index contributed by atoms with van der Waals surface area (Å²) in [5.41, 5.74) is 0.186. The van der Waals surface area contributed by atoms with E-state index in [0.717, 1.165) is 4.90 Å². The average Bonchev–Trinajstić information content (AvgIpc) is 2.84. The summed E-state index contributed by atoms with van der Waals surface area (Å²) < 4.78 is 10.4. The van der Waals surface area contributed by atoms with Crippen molar-refractivity contribution in [3.05, 3.63) is 57.8 Å². The molecular formula is C18H13Cl2NO5. The molecule has 1 aliphatic rings. The van der Waals surface area contributed by atoms with E-state index in [9.17, 15) is 14.7 Å². The van der Waals surface area contributed by atoms with E-state index in [2.05, 4.69) is 0 Å². The van der Waals surface area contributed by atoms with Gasteiger partial charge in [-0.25, -0.2) is 4.90 Å². The summed E-state index contributed by atoms with van der Waals surface area (Å²) in [4.78, 5) is 26.3. The first-order valence-electron chi connectivity index (χ1n) is 7.38. The zero-order chi connectivity index (χ0) is 19.0. The van der Waals surface area contributed by atoms with Gasteiger partial charge in [0.15, 0.2) is 5.76 Å². The van der Waals surface area contributed by atoms with Crippen LogP contribution in [0.3, 0.4) is 0 Å². The Kier molecular flexibility index (Phi) is 4.80. The molecule has 3 rings (SSSR count). The van der Waals surface area contributed by atoms with E-state index < -0.39 is 17.6 Å². The number of benzene rings is 2. The van der Waals surface area contributed by atoms with Gasteiger partial charge in [0.1, 0.15) is 11.5 Å². The highest BCUT2D eigenvalue weighted by molar-refractivity contribution is 6.47. The van der Waals surface area contributed by atoms with Crippen molar-refractivity contribution >= 4 is 46.3 Å². The summed E-state index contributed by atoms with van der Waals surface area (Å²) >= 11 is 12.0. The number of anilines is 1. The highest BCUT2D eigenvalue weighted by atomic mass is 35.5. The maximum absolute atomic E-state index is 12.9. The van der Waals surface area contributed by atoms with Gasteiger partial charge in [-0.15, -0.1) is 0 Å². The first-order valence-corrected chi connectivity index (χ1v) is 8.14. The molecule has 6 nitrogen and oxygen atoms in total. The van der Waals surface area contributed by atoms with Gasteiger partial charge in [0.25, 0.3) is 5.91 Å². The molecule has 0 radical (unpaired) electrons. The number of ether oxygens (including phenoxy) is 2. The van der Waals surface area contributed by atoms with Crippen LogP contribution in [0.5, 0.6) is 11.5 Å². The maximum atomic E-state index is 12.9. The number of carbonyl (C=O) groups is 2. The topological polar surface area (TPSA) is 76.1 Å². The van der Waals surface area contributed by atoms with Gasteiger partial charge in [-0.3, -0.25) is 9.59 Å². The number of amides is 2. The normalized spacial score (nSPS) is 14.2. The van der Waals surface area contributed by atoms with Gasteiger partial charge in [0, 0.05) is 16.7 Å². The number of aliphatic hydroxyl groups excluding tert-OH is 1. The molecule has 2 aromatic rings. The molecule has 0 fully saturated rings. The summed E-state index contributed by atoms with van der Waals surface area (Å²) in [6, 6.07) is 9.00. The van der Waals surface area contributed by atoms with Gasteiger partial charge in [0.05, 0.1) is 30.5 Å². The van der Waals surface area contributed by atoms with Crippen LogP contribution in [0.4, 0.5) is 5.69 Å². The van der Waals surface area contributed by atoms with E-state index in [1.807, 2.05) is 0 Å². The summed E-state index contributed by atoms with van der Waals surface area (Å²) in [7, 11) is 2.88. The smallest absolute Gasteiger partial charge is 0.301 e. The van der Waals surface area contributed by atoms with Crippen molar-refractivity contribution in [2.24, 2.45) is 0 Å². The molecule has 0 aromatic heterocycles. The van der Waals surface area contributed by atoms with E-state index in [1.165, 1.54) is 44.6 Å². The van der Waals surface area contributed by atoms with Gasteiger partial charge in [-0.1, -0.05) is 29.3 Å². The van der Waals surface area contributed by atoms with Crippen LogP contribution in [0.25, 0.3) is 5.57 Å². The van der Waals surface area contributed by atoms with Crippen LogP contribution in [0, 0.1) is 0 Å². The number of hydrogen-bond acceptors (Lipinski definition) is 5. The second-order valence-electron chi connectivity index (χ2n) is 5.33. The summed E-state index contributed by atoms with van der Waals surface area (Å²) in [5, 5.41) is 10.8. The molecule has 2 amide bonds. The second kappa shape index (κ2) is 6.90. The Morgan fingerprint density at radius 2 is 1.69 bits per heavy atom. The van der Waals surface area contributed by atoms with Crippen LogP contribution in [-0.2, 0) is 9.59 Å². The minimum atomic E-state index is -0.875. The molecule has 0 bridgehead atoms. The van der Waals surface area contributed by atoms with Crippen molar-refractivity contribution in [2.75, 3.05) is 19.1 Å². The van der Waals surface area contributed by atoms with Gasteiger partial charge in [-0.05, 0) is 24.3 Å². The first kappa shape index (κ1) is 18.1. The Labute approximate surface area is 159 Å². The third-order valence-electron chi connectivity index (χ3n) is 3.89. The van der Waals surface area contributed by atoms with Crippen LogP contribution in [-0.4, -0.2) is 31.1 Å². The number of carbonyl (C=O) groups excluding carboxylic acids is 2. The Morgan fingerprint density at radius 3 is 2.31 bits per heavy atom. The van der Waals surface area contributed by atoms with Crippen molar-refractivity contribution < 1.29 is 24.2 Å². The minimum Gasteiger partial charge on any atom is -0.502 e. The fourth-order valence-electron chi connectivity index (χ4n) is 2.64. The molecule has 0 aliphatic carbocycles. The van der Waals surface area contributed by atoms with Gasteiger partial charge in [0.2, 0.25) is 0 Å². The van der Waals surface area contributed by atoms with E-state index in [1.54, 1.807) is 6.07 Å². The number of methoxy groups -OCH3 is 2. The zero-order valence-corrected chi connectivity index (χ0v) is 15.3. The van der Waals surface area contributed by atoms with E-state index in [-0.39, 0.29) is 27.6 Å². The van der Waals surface area contributed by atoms with Crippen LogP contribution >= 0.6 is 23.2 Å². The standard InChI is InChI=1S/C18H13Cl2NO5/c1-25-10-4-6-13(14(8-10)26-2)21-17(23)15(16(22)18(21)24)11-5-3-9(19)7-12(11)20/h3-8,22H,1-2H3. The molecule has 134 valence electrons. The zero-order valence-electron chi connectivity index (χ0n) is 13.7. The molecule has 0 saturated heterocycles. The predicted octanol–water partition coefficient (Wildman–Crippen LogP) is 3.85. The number of imide groups is 1. The van der Waals surface area contributed by atoms with Crippen LogP contribution in [0.15, 0.2) is 42.2 Å². The number of rotatable bonds is 4. The fourth-order valence-corrected chi connectivity index (χ4v) is 3.14. The lowest BCUT2D eigenvalue weighted by molar-refractivity contribution is -0.121. The predicted molar refractivity (Wildman–Crippen MR) is 98.0 cm³/mol. The van der Waals surface area contributed by atoms with Crippen LogP contribution < -0.4 is 14.4 Å². The SMILES string of the molecule is COc1ccc(N2C(=O)C(O)=C(c3ccc(Cl)cc3Cl)C2=O)c(OC)c1. The molecule has 1 aliphatic heterocycles. The number of aliphatic hydroxyl groups is 1. The Balaban J connectivity index is 2.09. The molecular weight excluding hydrogens is 381 g/mol. The summed E-state index contributed by atoms with van der Waals surface area (Å²) in [5.74, 6) is -1.57. The van der Waals surface area contributed by atoms with Crippen molar-refractivity contribution in [3.8, 4) is 11.5 Å². The van der Waals surface area contributed by atoms with Crippen molar-refractivity contribution in [1.29, 1.82) is 0 Å². The highest BCUT2D eigenvalue weighted by Crippen LogP contribution is 2.40. The lowest BCUT2D eigenvalue weighted by Crippen LogP contribution is -2.31. The molecule has 0 unspecified atom stereocenters. The lowest BCUT2D eigenvalue weighted by Gasteiger charge is -2.18. The van der Waals surface area contributed by atoms with E-state index in [0.29, 0.717) is 10.8 Å². The molecule has 1 heterocycles. The van der Waals surface area contributed by atoms with Crippen molar-refractivity contribution in [2.45, 2.75) is 0 Å². The van der Waals surface area contributed by atoms with Crippen LogP contribution in [0.1, 0.15) is 5.56 Å². The Bertz CT molecular complexity index is 955. The van der Waals surface area contributed by atoms with Crippen LogP contribution in [0.2, 0.25) is 10.0 Å². The third-order valence-corrected chi connectivity index (χ3v) is 4.44. The van der Waals surface area contributed by atoms with Gasteiger partial charge < -0.3 is 14.6 Å². The molecule has 0 saturated carbocycles. The van der Waals surface area contributed by atoms with Gasteiger partial charge >= 0.3 is 5.91 Å². The molecule has 2 aromatic carbocycles. The molecule has 0 spiro atoms. The van der Waals surface area contributed by atoms with E-state index >= 15 is 0 Å². The summed E-state index contributed by atoms with van der Waals surface area (Å²) in [6.45, 7) is 0. The first-order chi connectivity index (χ1) is 12.4. The van der Waals surface area contributed by atoms with Gasteiger partial charge in [-0.2, -0.15) is 0 Å². The maximum Gasteiger partial charge on any atom is 0.301 e. The number of halogens is 2. The molecule has 26 heavy (non-hydrogen) atoms. The number of hydrogen-bond donors (Lipinski definition) is 1. The minimum absolute atomic E-state index is 0.142. The van der Waals surface area contributed by atoms with Crippen molar-refractivity contribution in [1.82, 2.24) is 0 Å². The monoisotopic (exact) mass is 393 g/mol. The number of nitrogens with zero attached hydrogens (tertiary/aromatic N) is 1. The third kappa shape index (κ3) is 2.87. The largest absolute Gasteiger partial charge is 0.502 e. The summed E-state index contributed by atoms with van der Waals surface area (Å²) in [6.07, 6.45) is 0. The van der Waals surface area contributed by atoms with E-state index in [4.69, 9.17) is 32.7 Å². The van der Waals surface area contributed by atoms with Crippen molar-refractivity contribution in [3.63, 3.8) is 0 Å². The second-order valence-corrected chi connectivity index (χ2v) is 6.17. The molecule has 1 N–H and O–H groups in total. The highest BCUT2D eigenvalue weighted by Gasteiger charge is 2.42. The lowest BCUT2D eigenvalue weighted by atomic mass is 10.1. The fraction of sp³-hybridized carbons (Fsp3) is 0.111. The average molecular weight is 394 g/mol. The quantitative estimate of drug-likeness (QED) is 0.798. The molecule has 8 heteroatoms. The molecule has 0 atom stereocenters. The Hall–Kier alpha value is -2.70. The Morgan fingerprint density at radius 1 is 0.962 bits per heavy atom.